The van der Waals surface area contributed by atoms with Crippen LogP contribution in [0.3, 0.4) is 0 Å². The van der Waals surface area contributed by atoms with Crippen LogP contribution >= 0.6 is 0 Å². The summed E-state index contributed by atoms with van der Waals surface area (Å²) in [5.74, 6) is 0. The van der Waals surface area contributed by atoms with Crippen molar-refractivity contribution in [3.8, 4) is 0 Å². The average molecular weight is 173 g/mol. The third kappa shape index (κ3) is 56.3. The fourth-order valence-corrected chi connectivity index (χ4v) is 0. The molecule has 0 heterocycles. The maximum atomic E-state index is 8.56. The van der Waals surface area contributed by atoms with Gasteiger partial charge in [-0.25, -0.2) is 4.79 Å². The molecule has 0 radical (unpaired) electrons. The van der Waals surface area contributed by atoms with Gasteiger partial charge < -0.3 is 18.8 Å². The van der Waals surface area contributed by atoms with Crippen LogP contribution in [0.5, 0.6) is 0 Å². The first-order chi connectivity index (χ1) is 1.73. The molecule has 0 bridgehead atoms. The fourth-order valence-electron chi connectivity index (χ4n) is 0. The van der Waals surface area contributed by atoms with Crippen LogP contribution in [0.1, 0.15) is 8.56 Å². The van der Waals surface area contributed by atoms with Crippen molar-refractivity contribution < 1.29 is 23.6 Å². The zero-order valence-electron chi connectivity index (χ0n) is 9.92. The van der Waals surface area contributed by atoms with Gasteiger partial charge in [-0.2, -0.15) is 0 Å². The van der Waals surface area contributed by atoms with Crippen molar-refractivity contribution in [2.24, 2.45) is 0 Å². The van der Waals surface area contributed by atoms with Gasteiger partial charge in [0.25, 0.3) is 0 Å². The minimum absolute atomic E-state index is 0. The van der Waals surface area contributed by atoms with Crippen LogP contribution in [0.2, 0.25) is 0 Å². The van der Waals surface area contributed by atoms with Crippen LogP contribution in [0.25, 0.3) is 0 Å². The van der Waals surface area contributed by atoms with Crippen LogP contribution in [0, 0.1) is 0 Å². The Balaban J connectivity index is -0.00000000125. The summed E-state index contributed by atoms with van der Waals surface area (Å²) in [6.45, 7) is 0. The largest absolute Gasteiger partial charge is 2.00 e. The van der Waals surface area contributed by atoms with E-state index in [1.54, 1.807) is 0 Å². The summed E-state index contributed by atoms with van der Waals surface area (Å²) in [6, 6.07) is 0. The smallest absolute Gasteiger partial charge is 1.00 e. The molecule has 0 aliphatic rings. The van der Waals surface area contributed by atoms with Crippen LogP contribution in [0.15, 0.2) is 0 Å². The number of hydrogen-bond donors (Lipinski definition) is 2. The summed E-state index contributed by atoms with van der Waals surface area (Å²) >= 11 is 0. The normalized spacial score (nSPS) is 3.43. The molecular formula is CH8Ca2MgO3. The van der Waals surface area contributed by atoms with Gasteiger partial charge in [0.15, 0.2) is 0 Å². The summed E-state index contributed by atoms with van der Waals surface area (Å²) in [6.07, 6.45) is -1.83. The molecular weight excluding hydrogens is 164 g/mol. The fraction of sp³-hybridized carbons (Fsp3) is 0. The number of hydrogen-bond acceptors (Lipinski definition) is 1. The van der Waals surface area contributed by atoms with E-state index in [-0.39, 0.29) is 107 Å². The van der Waals surface area contributed by atoms with Gasteiger partial charge in [0, 0.05) is 0 Å². The van der Waals surface area contributed by atoms with Crippen LogP contribution in [-0.4, -0.2) is 115 Å². The average Bonchev–Trinajstić information content (AvgIpc) is 0.811. The molecule has 0 saturated heterocycles. The van der Waals surface area contributed by atoms with Gasteiger partial charge in [0.2, 0.25) is 0 Å². The Labute approximate surface area is 126 Å². The zero-order chi connectivity index (χ0) is 3.58. The van der Waals surface area contributed by atoms with Crippen molar-refractivity contribution in [1.29, 1.82) is 0 Å². The first-order valence-electron chi connectivity index (χ1n) is 0.651. The molecule has 3 nitrogen and oxygen atoms in total. The van der Waals surface area contributed by atoms with Crippen molar-refractivity contribution in [2.45, 2.75) is 0 Å². The molecule has 36 valence electrons. The second-order valence-corrected chi connectivity index (χ2v) is 0.283. The molecule has 6 heteroatoms. The first kappa shape index (κ1) is 22.7. The van der Waals surface area contributed by atoms with E-state index in [2.05, 4.69) is 0 Å². The third-order valence-corrected chi connectivity index (χ3v) is 0. The molecule has 0 saturated carbocycles. The van der Waals surface area contributed by atoms with E-state index in [0.29, 0.717) is 0 Å². The van der Waals surface area contributed by atoms with Crippen molar-refractivity contribution >= 4 is 105 Å². The summed E-state index contributed by atoms with van der Waals surface area (Å²) in [4.78, 5) is 8.56. The minimum Gasteiger partial charge on any atom is -1.00 e. The SMILES string of the molecule is O=C(O)O.[Ca+2].[Ca+2].[H-].[H-].[H-].[H-].[H-].[H-].[Mg+2]. The van der Waals surface area contributed by atoms with Gasteiger partial charge in [-0.15, -0.1) is 0 Å². The summed E-state index contributed by atoms with van der Waals surface area (Å²) in [5.41, 5.74) is 0. The topological polar surface area (TPSA) is 57.5 Å². The molecule has 0 aliphatic heterocycles. The Hall–Kier alpha value is 2.56. The van der Waals surface area contributed by atoms with Crippen molar-refractivity contribution in [2.75, 3.05) is 0 Å². The molecule has 0 aliphatic carbocycles. The maximum Gasteiger partial charge on any atom is 2.00 e. The molecule has 0 atom stereocenters. The minimum atomic E-state index is -1.83. The first-order valence-corrected chi connectivity index (χ1v) is 0.651. The molecule has 0 unspecified atom stereocenters. The molecule has 0 aromatic heterocycles. The Morgan fingerprint density at radius 3 is 1.29 bits per heavy atom. The van der Waals surface area contributed by atoms with Gasteiger partial charge in [-0.3, -0.25) is 0 Å². The van der Waals surface area contributed by atoms with Gasteiger partial charge in [-0.05, 0) is 0 Å². The van der Waals surface area contributed by atoms with E-state index in [4.69, 9.17) is 15.0 Å². The van der Waals surface area contributed by atoms with E-state index in [0.717, 1.165) is 0 Å². The number of carboxylic acid groups (broad SMARTS) is 2. The summed E-state index contributed by atoms with van der Waals surface area (Å²) in [5, 5.41) is 13.9. The van der Waals surface area contributed by atoms with Crippen molar-refractivity contribution in [3.05, 3.63) is 0 Å². The molecule has 0 aromatic rings. The zero-order valence-corrected chi connectivity index (χ0v) is 9.75. The van der Waals surface area contributed by atoms with Crippen molar-refractivity contribution in [3.63, 3.8) is 0 Å². The molecule has 0 aromatic carbocycles. The van der Waals surface area contributed by atoms with Gasteiger partial charge in [0.05, 0.1) is 0 Å². The number of rotatable bonds is 0. The van der Waals surface area contributed by atoms with E-state index in [1.807, 2.05) is 0 Å². The van der Waals surface area contributed by atoms with Crippen LogP contribution in [0.4, 0.5) is 4.79 Å². The second-order valence-electron chi connectivity index (χ2n) is 0.283. The van der Waals surface area contributed by atoms with E-state index < -0.39 is 6.16 Å². The Kier molecular flexibility index (Phi) is 51.2. The van der Waals surface area contributed by atoms with Gasteiger partial charge >= 0.3 is 105 Å². The third-order valence-electron chi connectivity index (χ3n) is 0. The van der Waals surface area contributed by atoms with E-state index in [1.165, 1.54) is 0 Å². The number of carbonyl (C=O) groups is 1. The maximum absolute atomic E-state index is 8.56. The van der Waals surface area contributed by atoms with Crippen LogP contribution in [-0.2, 0) is 0 Å². The van der Waals surface area contributed by atoms with E-state index >= 15 is 0 Å². The molecule has 2 N–H and O–H groups in total. The van der Waals surface area contributed by atoms with Crippen LogP contribution < -0.4 is 0 Å². The molecule has 0 rings (SSSR count). The monoisotopic (exact) mass is 172 g/mol. The Bertz CT molecular complexity index is 48.9. The predicted octanol–water partition coefficient (Wildman–Crippen LogP) is -0.245. The second kappa shape index (κ2) is 15.8. The van der Waals surface area contributed by atoms with E-state index in [9.17, 15) is 0 Å². The summed E-state index contributed by atoms with van der Waals surface area (Å²) in [7, 11) is 0. The molecule has 0 spiro atoms. The van der Waals surface area contributed by atoms with Gasteiger partial charge in [-0.1, -0.05) is 0 Å². The predicted molar refractivity (Wildman–Crippen MR) is 34.6 cm³/mol. The Morgan fingerprint density at radius 2 is 1.29 bits per heavy atom. The summed E-state index contributed by atoms with van der Waals surface area (Å²) < 4.78 is 0. The quantitative estimate of drug-likeness (QED) is 0.496. The standard InChI is InChI=1S/CH2O3.2Ca.Mg.6H/c2-1(3)4;;;;;;;;;/h(H2,2,3,4);;;;;;;;;/q;3*+2;6*-1. The molecule has 0 amide bonds. The van der Waals surface area contributed by atoms with Crippen molar-refractivity contribution in [1.82, 2.24) is 0 Å². The molecule has 0 fully saturated rings. The van der Waals surface area contributed by atoms with Gasteiger partial charge in [0.1, 0.15) is 0 Å². The molecule has 7 heavy (non-hydrogen) atoms. The Morgan fingerprint density at radius 1 is 1.29 bits per heavy atom.